The molecule has 4 rings (SSSR count). The van der Waals surface area contributed by atoms with Crippen molar-refractivity contribution in [2.75, 3.05) is 26.8 Å². The Morgan fingerprint density at radius 2 is 1.96 bits per heavy atom. The number of ether oxygens (including phenoxy) is 2. The van der Waals surface area contributed by atoms with Crippen LogP contribution in [0, 0.1) is 0 Å². The third-order valence-electron chi connectivity index (χ3n) is 5.78. The number of aromatic nitrogens is 1. The van der Waals surface area contributed by atoms with Crippen LogP contribution in [-0.4, -0.2) is 42.7 Å². The van der Waals surface area contributed by atoms with Gasteiger partial charge in [0.15, 0.2) is 11.5 Å². The zero-order chi connectivity index (χ0) is 18.1. The van der Waals surface area contributed by atoms with Crippen molar-refractivity contribution in [3.05, 3.63) is 28.4 Å². The van der Waals surface area contributed by atoms with Crippen LogP contribution in [0.1, 0.15) is 43.9 Å². The molecule has 1 aliphatic heterocycles. The lowest BCUT2D eigenvalue weighted by molar-refractivity contribution is 0.202. The molecular weight excluding hydrogens is 348 g/mol. The van der Waals surface area contributed by atoms with Gasteiger partial charge in [-0.1, -0.05) is 11.6 Å². The van der Waals surface area contributed by atoms with Gasteiger partial charge in [0.1, 0.15) is 0 Å². The van der Waals surface area contributed by atoms with E-state index < -0.39 is 0 Å². The Kier molecular flexibility index (Phi) is 5.23. The van der Waals surface area contributed by atoms with Crippen molar-refractivity contribution in [2.24, 2.45) is 0 Å². The van der Waals surface area contributed by atoms with Crippen LogP contribution in [0.5, 0.6) is 11.5 Å². The summed E-state index contributed by atoms with van der Waals surface area (Å²) >= 11 is 6.64. The maximum atomic E-state index is 6.64. The molecule has 1 aliphatic carbocycles. The lowest BCUT2D eigenvalue weighted by atomic mass is 10.1. The molecule has 2 aliphatic rings. The minimum Gasteiger partial charge on any atom is -0.493 e. The molecule has 26 heavy (non-hydrogen) atoms. The van der Waals surface area contributed by atoms with E-state index in [9.17, 15) is 0 Å². The highest BCUT2D eigenvalue weighted by molar-refractivity contribution is 6.36. The highest BCUT2D eigenvalue weighted by Crippen LogP contribution is 2.39. The first-order chi connectivity index (χ1) is 12.7. The summed E-state index contributed by atoms with van der Waals surface area (Å²) in [6.45, 7) is 5.40. The molecule has 0 radical (unpaired) electrons. The third-order valence-corrected chi connectivity index (χ3v) is 6.22. The Hall–Kier alpha value is -1.52. The van der Waals surface area contributed by atoms with Gasteiger partial charge in [-0.2, -0.15) is 0 Å². The molecule has 0 N–H and O–H groups in total. The van der Waals surface area contributed by atoms with E-state index in [1.807, 2.05) is 12.1 Å². The predicted molar refractivity (Wildman–Crippen MR) is 106 cm³/mol. The fourth-order valence-electron chi connectivity index (χ4n) is 4.19. The van der Waals surface area contributed by atoms with E-state index in [0.29, 0.717) is 12.6 Å². The van der Waals surface area contributed by atoms with Crippen LogP contribution in [0.4, 0.5) is 0 Å². The Morgan fingerprint density at radius 1 is 1.15 bits per heavy atom. The summed E-state index contributed by atoms with van der Waals surface area (Å²) in [6, 6.07) is 4.52. The van der Waals surface area contributed by atoms with Crippen LogP contribution in [0.15, 0.2) is 12.1 Å². The van der Waals surface area contributed by atoms with Crippen molar-refractivity contribution in [1.82, 2.24) is 9.88 Å². The van der Waals surface area contributed by atoms with E-state index in [1.54, 1.807) is 7.11 Å². The number of methoxy groups -OCH3 is 1. The quantitative estimate of drug-likeness (QED) is 0.737. The number of pyridine rings is 1. The van der Waals surface area contributed by atoms with Crippen molar-refractivity contribution < 1.29 is 9.47 Å². The van der Waals surface area contributed by atoms with Crippen LogP contribution in [0.3, 0.4) is 0 Å². The smallest absolute Gasteiger partial charge is 0.163 e. The molecule has 0 amide bonds. The highest BCUT2D eigenvalue weighted by Gasteiger charge is 2.21. The Balaban J connectivity index is 1.53. The van der Waals surface area contributed by atoms with Gasteiger partial charge in [0.05, 0.1) is 24.3 Å². The number of aryl methyl sites for hydroxylation is 1. The van der Waals surface area contributed by atoms with E-state index in [-0.39, 0.29) is 0 Å². The van der Waals surface area contributed by atoms with E-state index in [1.165, 1.54) is 31.5 Å². The van der Waals surface area contributed by atoms with Gasteiger partial charge in [-0.3, -0.25) is 4.98 Å². The van der Waals surface area contributed by atoms with Crippen LogP contribution >= 0.6 is 11.6 Å². The van der Waals surface area contributed by atoms with E-state index >= 15 is 0 Å². The molecular formula is C21H27ClN2O2. The third kappa shape index (κ3) is 3.37. The molecule has 1 aromatic carbocycles. The number of rotatable bonds is 6. The number of likely N-dealkylation sites (tertiary alicyclic amines) is 1. The number of nitrogens with zero attached hydrogens (tertiary/aromatic N) is 2. The molecule has 0 bridgehead atoms. The Morgan fingerprint density at radius 3 is 2.73 bits per heavy atom. The molecule has 1 saturated heterocycles. The second kappa shape index (κ2) is 7.61. The lowest BCUT2D eigenvalue weighted by Crippen LogP contribution is -2.31. The van der Waals surface area contributed by atoms with Crippen molar-refractivity contribution in [3.8, 4) is 11.5 Å². The maximum Gasteiger partial charge on any atom is 0.163 e. The fourth-order valence-corrected chi connectivity index (χ4v) is 4.54. The lowest BCUT2D eigenvalue weighted by Gasteiger charge is -2.23. The largest absolute Gasteiger partial charge is 0.493 e. The summed E-state index contributed by atoms with van der Waals surface area (Å²) in [7, 11) is 1.68. The molecule has 1 aromatic heterocycles. The summed E-state index contributed by atoms with van der Waals surface area (Å²) in [4.78, 5) is 7.38. The summed E-state index contributed by atoms with van der Waals surface area (Å²) < 4.78 is 11.7. The summed E-state index contributed by atoms with van der Waals surface area (Å²) in [5, 5.41) is 1.79. The van der Waals surface area contributed by atoms with E-state index in [0.717, 1.165) is 58.8 Å². The second-order valence-electron chi connectivity index (χ2n) is 7.45. The van der Waals surface area contributed by atoms with Crippen molar-refractivity contribution in [3.63, 3.8) is 0 Å². The van der Waals surface area contributed by atoms with E-state index in [4.69, 9.17) is 26.1 Å². The first-order valence-electron chi connectivity index (χ1n) is 9.73. The van der Waals surface area contributed by atoms with Gasteiger partial charge < -0.3 is 14.4 Å². The van der Waals surface area contributed by atoms with Gasteiger partial charge in [-0.15, -0.1) is 0 Å². The maximum absolute atomic E-state index is 6.64. The monoisotopic (exact) mass is 374 g/mol. The van der Waals surface area contributed by atoms with Gasteiger partial charge in [0.2, 0.25) is 0 Å². The zero-order valence-corrected chi connectivity index (χ0v) is 16.4. The van der Waals surface area contributed by atoms with Crippen LogP contribution < -0.4 is 9.47 Å². The molecule has 1 fully saturated rings. The average molecular weight is 375 g/mol. The summed E-state index contributed by atoms with van der Waals surface area (Å²) in [5.41, 5.74) is 3.25. The molecule has 5 heteroatoms. The van der Waals surface area contributed by atoms with Gasteiger partial charge in [0, 0.05) is 23.2 Å². The average Bonchev–Trinajstić information content (AvgIpc) is 3.33. The molecule has 1 atom stereocenters. The van der Waals surface area contributed by atoms with Crippen molar-refractivity contribution in [1.29, 1.82) is 0 Å². The number of benzene rings is 1. The number of halogens is 1. The molecule has 0 spiro atoms. The minimum atomic E-state index is 0.555. The predicted octanol–water partition coefficient (Wildman–Crippen LogP) is 4.64. The highest BCUT2D eigenvalue weighted by atomic mass is 35.5. The number of hydrogen-bond acceptors (Lipinski definition) is 4. The Labute approximate surface area is 160 Å². The van der Waals surface area contributed by atoms with Crippen LogP contribution in [0.2, 0.25) is 5.02 Å². The van der Waals surface area contributed by atoms with Gasteiger partial charge in [-0.25, -0.2) is 0 Å². The summed E-state index contributed by atoms with van der Waals surface area (Å²) in [6.07, 6.45) is 6.82. The molecule has 2 heterocycles. The summed E-state index contributed by atoms with van der Waals surface area (Å²) in [5.74, 6) is 1.49. The van der Waals surface area contributed by atoms with Crippen LogP contribution in [-0.2, 0) is 12.8 Å². The second-order valence-corrected chi connectivity index (χ2v) is 7.83. The normalized spacial score (nSPS) is 18.3. The molecule has 0 saturated carbocycles. The van der Waals surface area contributed by atoms with Crippen LogP contribution in [0.25, 0.3) is 10.9 Å². The first kappa shape index (κ1) is 17.9. The van der Waals surface area contributed by atoms with Gasteiger partial charge in [0.25, 0.3) is 0 Å². The SMILES string of the molecule is COc1cc2c(Cl)c3c(nc2cc1OCCC(C)N1CCCC1)CCC3. The van der Waals surface area contributed by atoms with Gasteiger partial charge in [-0.05, 0) is 70.2 Å². The molecule has 4 nitrogen and oxygen atoms in total. The minimum absolute atomic E-state index is 0.555. The Bertz CT molecular complexity index is 802. The molecule has 2 aromatic rings. The standard InChI is InChI=1S/C21H27ClN2O2/c1-14(24-9-3-4-10-24)8-11-26-20-13-18-16(12-19(20)25-2)21(22)15-6-5-7-17(15)23-18/h12-14H,3-11H2,1-2H3. The fraction of sp³-hybridized carbons (Fsp3) is 0.571. The zero-order valence-electron chi connectivity index (χ0n) is 15.7. The van der Waals surface area contributed by atoms with E-state index in [2.05, 4.69) is 11.8 Å². The topological polar surface area (TPSA) is 34.6 Å². The molecule has 1 unspecified atom stereocenters. The molecule has 140 valence electrons. The number of fused-ring (bicyclic) bond motifs is 2. The number of hydrogen-bond donors (Lipinski definition) is 0. The first-order valence-corrected chi connectivity index (χ1v) is 10.1. The van der Waals surface area contributed by atoms with Crippen molar-refractivity contribution >= 4 is 22.5 Å². The van der Waals surface area contributed by atoms with Gasteiger partial charge >= 0.3 is 0 Å². The van der Waals surface area contributed by atoms with Crippen molar-refractivity contribution in [2.45, 2.75) is 51.5 Å².